The van der Waals surface area contributed by atoms with E-state index in [0.29, 0.717) is 10.8 Å². The first-order chi connectivity index (χ1) is 6.12. The van der Waals surface area contributed by atoms with E-state index < -0.39 is 0 Å². The summed E-state index contributed by atoms with van der Waals surface area (Å²) < 4.78 is 0. The van der Waals surface area contributed by atoms with Crippen molar-refractivity contribution in [3.63, 3.8) is 0 Å². The van der Waals surface area contributed by atoms with Gasteiger partial charge < -0.3 is 0 Å². The quantitative estimate of drug-likeness (QED) is 0.536. The minimum Gasteiger partial charge on any atom is -0.298 e. The summed E-state index contributed by atoms with van der Waals surface area (Å²) in [7, 11) is 2.21. The monoisotopic (exact) mass is 195 g/mol. The van der Waals surface area contributed by atoms with Gasteiger partial charge in [-0.25, -0.2) is 0 Å². The molecule has 0 unspecified atom stereocenters. The van der Waals surface area contributed by atoms with Crippen molar-refractivity contribution in [2.45, 2.75) is 41.5 Å². The number of hydrogen-bond acceptors (Lipinski definition) is 1. The highest BCUT2D eigenvalue weighted by Crippen LogP contribution is 2.40. The van der Waals surface area contributed by atoms with Gasteiger partial charge in [0.15, 0.2) is 0 Å². The molecule has 1 nitrogen and oxygen atoms in total. The molecule has 0 saturated carbocycles. The maximum absolute atomic E-state index is 2.42. The molecule has 0 spiro atoms. The van der Waals surface area contributed by atoms with Crippen LogP contribution in [0.25, 0.3) is 0 Å². The summed E-state index contributed by atoms with van der Waals surface area (Å²) in [5, 5.41) is 0. The molecule has 14 heavy (non-hydrogen) atoms. The van der Waals surface area contributed by atoms with Gasteiger partial charge in [0.05, 0.1) is 0 Å². The van der Waals surface area contributed by atoms with E-state index in [1.807, 2.05) is 0 Å². The fraction of sp³-hybridized carbons (Fsp3) is 0.846. The van der Waals surface area contributed by atoms with Gasteiger partial charge in [-0.15, -0.1) is 0 Å². The van der Waals surface area contributed by atoms with Gasteiger partial charge in [0.25, 0.3) is 0 Å². The molecular weight excluding hydrogens is 170 g/mol. The number of rotatable bonds is 0. The summed E-state index contributed by atoms with van der Waals surface area (Å²) in [6, 6.07) is 0. The minimum absolute atomic E-state index is 0.327. The number of hydrogen-bond donors (Lipinski definition) is 0. The van der Waals surface area contributed by atoms with Gasteiger partial charge in [-0.3, -0.25) is 4.90 Å². The molecule has 1 aliphatic heterocycles. The second-order valence-corrected chi connectivity index (χ2v) is 6.63. The van der Waals surface area contributed by atoms with E-state index in [0.717, 1.165) is 13.1 Å². The Bertz CT molecular complexity index is 221. The van der Waals surface area contributed by atoms with E-state index in [1.165, 1.54) is 0 Å². The van der Waals surface area contributed by atoms with Crippen molar-refractivity contribution in [1.29, 1.82) is 0 Å². The number of nitrogens with zero attached hydrogens (tertiary/aromatic N) is 1. The van der Waals surface area contributed by atoms with Crippen molar-refractivity contribution in [2.75, 3.05) is 20.1 Å². The molecule has 0 radical (unpaired) electrons. The van der Waals surface area contributed by atoms with E-state index in [4.69, 9.17) is 0 Å². The van der Waals surface area contributed by atoms with Crippen LogP contribution in [-0.2, 0) is 0 Å². The molecule has 1 heterocycles. The topological polar surface area (TPSA) is 3.24 Å². The Balaban J connectivity index is 3.08. The summed E-state index contributed by atoms with van der Waals surface area (Å²) in [4.78, 5) is 2.42. The molecule has 0 fully saturated rings. The first-order valence-electron chi connectivity index (χ1n) is 5.54. The molecule has 0 aromatic rings. The second kappa shape index (κ2) is 3.37. The summed E-state index contributed by atoms with van der Waals surface area (Å²) in [5.41, 5.74) is 3.95. The maximum Gasteiger partial charge on any atom is 0.0201 e. The van der Waals surface area contributed by atoms with E-state index in [-0.39, 0.29) is 0 Å². The Morgan fingerprint density at radius 3 is 1.29 bits per heavy atom. The predicted molar refractivity (Wildman–Crippen MR) is 63.4 cm³/mol. The minimum atomic E-state index is 0.327. The number of likely N-dealkylation sites (N-methyl/N-ethyl adjacent to an activating group) is 1. The van der Waals surface area contributed by atoms with Crippen LogP contribution in [0.2, 0.25) is 0 Å². The van der Waals surface area contributed by atoms with Gasteiger partial charge in [0, 0.05) is 13.1 Å². The van der Waals surface area contributed by atoms with Gasteiger partial charge >= 0.3 is 0 Å². The molecule has 0 aliphatic carbocycles. The van der Waals surface area contributed by atoms with Crippen LogP contribution < -0.4 is 0 Å². The lowest BCUT2D eigenvalue weighted by Gasteiger charge is -2.28. The van der Waals surface area contributed by atoms with Crippen LogP contribution in [0.1, 0.15) is 41.5 Å². The Hall–Kier alpha value is -0.300. The first kappa shape index (κ1) is 11.8. The Kier molecular flexibility index (Phi) is 2.84. The third-order valence-electron chi connectivity index (χ3n) is 3.03. The van der Waals surface area contributed by atoms with Crippen LogP contribution in [-0.4, -0.2) is 25.0 Å². The molecule has 82 valence electrons. The Morgan fingerprint density at radius 2 is 1.07 bits per heavy atom. The lowest BCUT2D eigenvalue weighted by molar-refractivity contribution is 0.382. The average molecular weight is 195 g/mol. The SMILES string of the molecule is CN1CC(C(C)(C)C)=C(C(C)(C)C)C1. The van der Waals surface area contributed by atoms with Crippen LogP contribution in [0.4, 0.5) is 0 Å². The van der Waals surface area contributed by atoms with Crippen LogP contribution in [0.5, 0.6) is 0 Å². The lowest BCUT2D eigenvalue weighted by atomic mass is 9.76. The molecule has 0 amide bonds. The summed E-state index contributed by atoms with van der Waals surface area (Å²) in [6.45, 7) is 16.3. The predicted octanol–water partition coefficient (Wildman–Crippen LogP) is 3.32. The zero-order valence-electron chi connectivity index (χ0n) is 10.9. The average Bonchev–Trinajstić information content (AvgIpc) is 2.27. The van der Waals surface area contributed by atoms with Gasteiger partial charge in [0.1, 0.15) is 0 Å². The van der Waals surface area contributed by atoms with Gasteiger partial charge in [-0.2, -0.15) is 0 Å². The second-order valence-electron chi connectivity index (χ2n) is 6.63. The summed E-state index contributed by atoms with van der Waals surface area (Å²) >= 11 is 0. The molecular formula is C13H25N. The van der Waals surface area contributed by atoms with Gasteiger partial charge in [-0.05, 0) is 29.0 Å². The highest BCUT2D eigenvalue weighted by atomic mass is 15.1. The molecule has 0 N–H and O–H groups in total. The molecule has 0 atom stereocenters. The van der Waals surface area contributed by atoms with Crippen molar-refractivity contribution >= 4 is 0 Å². The standard InChI is InChI=1S/C13H25N/c1-12(2,3)10-8-14(7)9-11(10)13(4,5)6/h8-9H2,1-7H3. The van der Waals surface area contributed by atoms with E-state index >= 15 is 0 Å². The molecule has 1 aliphatic rings. The van der Waals surface area contributed by atoms with E-state index in [2.05, 4.69) is 53.5 Å². The van der Waals surface area contributed by atoms with Gasteiger partial charge in [-0.1, -0.05) is 41.5 Å². The van der Waals surface area contributed by atoms with Crippen molar-refractivity contribution in [1.82, 2.24) is 4.90 Å². The molecule has 0 aromatic carbocycles. The van der Waals surface area contributed by atoms with Crippen LogP contribution in [0.3, 0.4) is 0 Å². The summed E-state index contributed by atoms with van der Waals surface area (Å²) in [6.07, 6.45) is 0. The molecule has 0 saturated heterocycles. The zero-order chi connectivity index (χ0) is 11.1. The molecule has 1 rings (SSSR count). The molecule has 1 heteroatoms. The fourth-order valence-electron chi connectivity index (χ4n) is 2.17. The van der Waals surface area contributed by atoms with Crippen molar-refractivity contribution in [3.05, 3.63) is 11.1 Å². The maximum atomic E-state index is 2.42. The highest BCUT2D eigenvalue weighted by molar-refractivity contribution is 5.31. The van der Waals surface area contributed by atoms with Crippen molar-refractivity contribution in [3.8, 4) is 0 Å². The highest BCUT2D eigenvalue weighted by Gasteiger charge is 2.33. The van der Waals surface area contributed by atoms with E-state index in [1.54, 1.807) is 11.1 Å². The third kappa shape index (κ3) is 2.38. The van der Waals surface area contributed by atoms with Crippen molar-refractivity contribution < 1.29 is 0 Å². The smallest absolute Gasteiger partial charge is 0.0201 e. The normalized spacial score (nSPS) is 20.8. The van der Waals surface area contributed by atoms with Crippen LogP contribution in [0.15, 0.2) is 11.1 Å². The molecule has 0 aromatic heterocycles. The van der Waals surface area contributed by atoms with Crippen LogP contribution in [0, 0.1) is 10.8 Å². The van der Waals surface area contributed by atoms with Gasteiger partial charge in [0.2, 0.25) is 0 Å². The first-order valence-corrected chi connectivity index (χ1v) is 5.54. The van der Waals surface area contributed by atoms with Crippen molar-refractivity contribution in [2.24, 2.45) is 10.8 Å². The Morgan fingerprint density at radius 1 is 0.786 bits per heavy atom. The third-order valence-corrected chi connectivity index (χ3v) is 3.03. The fourth-order valence-corrected chi connectivity index (χ4v) is 2.17. The largest absolute Gasteiger partial charge is 0.298 e. The zero-order valence-corrected chi connectivity index (χ0v) is 10.9. The van der Waals surface area contributed by atoms with Crippen LogP contribution >= 0.6 is 0 Å². The molecule has 0 bridgehead atoms. The summed E-state index contributed by atoms with van der Waals surface area (Å²) in [5.74, 6) is 0. The lowest BCUT2D eigenvalue weighted by Crippen LogP contribution is -2.19. The Labute approximate surface area is 89.2 Å². The van der Waals surface area contributed by atoms with E-state index in [9.17, 15) is 0 Å².